The molecule has 0 unspecified atom stereocenters. The smallest absolute Gasteiger partial charge is 0.267 e. The average Bonchev–Trinajstić information content (AvgIpc) is 2.39. The fourth-order valence-corrected chi connectivity index (χ4v) is 1.99. The van der Waals surface area contributed by atoms with Crippen LogP contribution in [0.25, 0.3) is 0 Å². The second kappa shape index (κ2) is 6.09. The maximum Gasteiger partial charge on any atom is 0.267 e. The summed E-state index contributed by atoms with van der Waals surface area (Å²) in [6.45, 7) is 2.02. The Morgan fingerprint density at radius 2 is 1.67 bits per heavy atom. The summed E-state index contributed by atoms with van der Waals surface area (Å²) in [5.41, 5.74) is 2.05. The van der Waals surface area contributed by atoms with Crippen LogP contribution in [-0.2, 0) is 4.79 Å². The molecular formula is C16H12OS. The molecule has 0 amide bonds. The van der Waals surface area contributed by atoms with E-state index in [0.29, 0.717) is 0 Å². The van der Waals surface area contributed by atoms with Crippen LogP contribution in [0.15, 0.2) is 59.5 Å². The van der Waals surface area contributed by atoms with Gasteiger partial charge in [0.2, 0.25) is 0 Å². The number of benzene rings is 2. The van der Waals surface area contributed by atoms with E-state index < -0.39 is 0 Å². The number of carbonyl (C=O) groups excluding carboxylic acids is 1. The highest BCUT2D eigenvalue weighted by atomic mass is 32.2. The Balaban J connectivity index is 2.02. The second-order valence-electron chi connectivity index (χ2n) is 3.82. The molecule has 2 rings (SSSR count). The zero-order valence-corrected chi connectivity index (χ0v) is 10.8. The van der Waals surface area contributed by atoms with Crippen LogP contribution in [0.1, 0.15) is 11.1 Å². The van der Waals surface area contributed by atoms with Crippen molar-refractivity contribution >= 4 is 16.9 Å². The van der Waals surface area contributed by atoms with E-state index >= 15 is 0 Å². The van der Waals surface area contributed by atoms with Crippen LogP contribution in [-0.4, -0.2) is 5.12 Å². The van der Waals surface area contributed by atoms with Gasteiger partial charge < -0.3 is 0 Å². The van der Waals surface area contributed by atoms with Crippen molar-refractivity contribution < 1.29 is 4.79 Å². The number of hydrogen-bond donors (Lipinski definition) is 0. The van der Waals surface area contributed by atoms with E-state index in [1.54, 1.807) is 0 Å². The average molecular weight is 252 g/mol. The van der Waals surface area contributed by atoms with Gasteiger partial charge in [0.25, 0.3) is 5.12 Å². The van der Waals surface area contributed by atoms with Crippen LogP contribution in [0.2, 0.25) is 0 Å². The van der Waals surface area contributed by atoms with Crippen molar-refractivity contribution in [2.24, 2.45) is 0 Å². The van der Waals surface area contributed by atoms with Crippen molar-refractivity contribution in [3.8, 4) is 11.8 Å². The Labute approximate surface area is 111 Å². The second-order valence-corrected chi connectivity index (χ2v) is 4.86. The van der Waals surface area contributed by atoms with Crippen LogP contribution < -0.4 is 0 Å². The lowest BCUT2D eigenvalue weighted by molar-refractivity contribution is -0.106. The molecule has 1 nitrogen and oxygen atoms in total. The maximum absolute atomic E-state index is 11.6. The van der Waals surface area contributed by atoms with Gasteiger partial charge in [-0.3, -0.25) is 4.79 Å². The summed E-state index contributed by atoms with van der Waals surface area (Å²) in [6, 6.07) is 17.3. The molecule has 0 aliphatic carbocycles. The maximum atomic E-state index is 11.6. The van der Waals surface area contributed by atoms with Crippen molar-refractivity contribution in [3.05, 3.63) is 65.7 Å². The third kappa shape index (κ3) is 3.80. The summed E-state index contributed by atoms with van der Waals surface area (Å²) in [5, 5.41) is -0.137. The molecule has 0 aliphatic heterocycles. The van der Waals surface area contributed by atoms with E-state index in [4.69, 9.17) is 0 Å². The fraction of sp³-hybridized carbons (Fsp3) is 0.0625. The predicted octanol–water partition coefficient (Wildman–Crippen LogP) is 3.67. The van der Waals surface area contributed by atoms with Crippen LogP contribution in [0.5, 0.6) is 0 Å². The topological polar surface area (TPSA) is 17.1 Å². The first kappa shape index (κ1) is 12.5. The molecular weight excluding hydrogens is 240 g/mol. The first-order chi connectivity index (χ1) is 8.74. The lowest BCUT2D eigenvalue weighted by atomic mass is 10.2. The highest BCUT2D eigenvalue weighted by Gasteiger charge is 1.99. The molecule has 0 aliphatic rings. The van der Waals surface area contributed by atoms with Crippen molar-refractivity contribution in [1.82, 2.24) is 0 Å². The Kier molecular flexibility index (Phi) is 4.22. The minimum Gasteiger partial charge on any atom is -0.272 e. The summed E-state index contributed by atoms with van der Waals surface area (Å²) < 4.78 is 0. The molecule has 0 fully saturated rings. The summed E-state index contributed by atoms with van der Waals surface area (Å²) in [7, 11) is 0. The van der Waals surface area contributed by atoms with Gasteiger partial charge >= 0.3 is 0 Å². The summed E-state index contributed by atoms with van der Waals surface area (Å²) in [5.74, 6) is 5.51. The van der Waals surface area contributed by atoms with E-state index in [9.17, 15) is 4.79 Å². The molecule has 0 atom stereocenters. The van der Waals surface area contributed by atoms with Crippen molar-refractivity contribution in [1.29, 1.82) is 0 Å². The molecule has 0 radical (unpaired) electrons. The molecule has 18 heavy (non-hydrogen) atoms. The van der Waals surface area contributed by atoms with Crippen molar-refractivity contribution in [2.75, 3.05) is 0 Å². The third-order valence-corrected chi connectivity index (χ3v) is 3.11. The van der Waals surface area contributed by atoms with Crippen LogP contribution in [0, 0.1) is 18.8 Å². The Bertz CT molecular complexity index is 588. The van der Waals surface area contributed by atoms with Crippen molar-refractivity contribution in [2.45, 2.75) is 11.8 Å². The number of rotatable bonds is 1. The molecule has 0 N–H and O–H groups in total. The number of thioether (sulfide) groups is 1. The lowest BCUT2D eigenvalue weighted by Crippen LogP contribution is -1.85. The first-order valence-electron chi connectivity index (χ1n) is 5.59. The van der Waals surface area contributed by atoms with Gasteiger partial charge in [0, 0.05) is 10.5 Å². The van der Waals surface area contributed by atoms with E-state index in [0.717, 1.165) is 22.2 Å². The highest BCUT2D eigenvalue weighted by molar-refractivity contribution is 8.14. The largest absolute Gasteiger partial charge is 0.272 e. The van der Waals surface area contributed by atoms with Gasteiger partial charge in [-0.25, -0.2) is 0 Å². The van der Waals surface area contributed by atoms with Gasteiger partial charge in [0.1, 0.15) is 0 Å². The lowest BCUT2D eigenvalue weighted by Gasteiger charge is -1.94. The van der Waals surface area contributed by atoms with E-state index in [1.165, 1.54) is 5.56 Å². The third-order valence-electron chi connectivity index (χ3n) is 2.31. The predicted molar refractivity (Wildman–Crippen MR) is 75.4 cm³/mol. The summed E-state index contributed by atoms with van der Waals surface area (Å²) in [6.07, 6.45) is 0. The molecule has 88 valence electrons. The zero-order chi connectivity index (χ0) is 12.8. The van der Waals surface area contributed by atoms with E-state index in [2.05, 4.69) is 11.8 Å². The monoisotopic (exact) mass is 252 g/mol. The summed E-state index contributed by atoms with van der Waals surface area (Å²) >= 11 is 1.15. The molecule has 2 aromatic rings. The van der Waals surface area contributed by atoms with E-state index in [-0.39, 0.29) is 5.12 Å². The van der Waals surface area contributed by atoms with Gasteiger partial charge in [-0.1, -0.05) is 41.8 Å². The Morgan fingerprint density at radius 3 is 2.33 bits per heavy atom. The van der Waals surface area contributed by atoms with Crippen LogP contribution in [0.3, 0.4) is 0 Å². The molecule has 0 heterocycles. The van der Waals surface area contributed by atoms with Gasteiger partial charge in [-0.2, -0.15) is 0 Å². The minimum atomic E-state index is -0.137. The van der Waals surface area contributed by atoms with Gasteiger partial charge in [0.15, 0.2) is 0 Å². The Hall–Kier alpha value is -1.98. The van der Waals surface area contributed by atoms with Crippen LogP contribution in [0.4, 0.5) is 0 Å². The van der Waals surface area contributed by atoms with Crippen molar-refractivity contribution in [3.63, 3.8) is 0 Å². The zero-order valence-electron chi connectivity index (χ0n) is 10.0. The molecule has 0 bridgehead atoms. The van der Waals surface area contributed by atoms with Gasteiger partial charge in [-0.05, 0) is 48.9 Å². The molecule has 0 saturated heterocycles. The number of aryl methyl sites for hydroxylation is 1. The molecule has 2 aromatic carbocycles. The van der Waals surface area contributed by atoms with Gasteiger partial charge in [0.05, 0.1) is 0 Å². The molecule has 2 heteroatoms. The first-order valence-corrected chi connectivity index (χ1v) is 6.41. The SMILES string of the molecule is Cc1ccc(C#CC(=O)Sc2ccccc2)cc1. The van der Waals surface area contributed by atoms with E-state index in [1.807, 2.05) is 61.5 Å². The normalized spacial score (nSPS) is 9.39. The fourth-order valence-electron chi connectivity index (χ4n) is 1.38. The molecule has 0 saturated carbocycles. The summed E-state index contributed by atoms with van der Waals surface area (Å²) in [4.78, 5) is 12.6. The number of hydrogen-bond acceptors (Lipinski definition) is 2. The molecule has 0 spiro atoms. The Morgan fingerprint density at radius 1 is 1.00 bits per heavy atom. The standard InChI is InChI=1S/C16H12OS/c1-13-7-9-14(10-8-13)11-12-16(17)18-15-5-3-2-4-6-15/h2-10H,1H3. The highest BCUT2D eigenvalue weighted by Crippen LogP contribution is 2.17. The minimum absolute atomic E-state index is 0.137. The number of carbonyl (C=O) groups is 1. The van der Waals surface area contributed by atoms with Crippen LogP contribution >= 0.6 is 11.8 Å². The molecule has 0 aromatic heterocycles. The van der Waals surface area contributed by atoms with Gasteiger partial charge in [-0.15, -0.1) is 0 Å². The quantitative estimate of drug-likeness (QED) is 0.569.